The molecule has 0 unspecified atom stereocenters. The van der Waals surface area contributed by atoms with E-state index in [0.29, 0.717) is 0 Å². The van der Waals surface area contributed by atoms with Crippen molar-refractivity contribution < 1.29 is 19.1 Å². The summed E-state index contributed by atoms with van der Waals surface area (Å²) in [5.41, 5.74) is 0. The number of carbonyl (C=O) groups is 3. The third kappa shape index (κ3) is 3.78. The summed E-state index contributed by atoms with van der Waals surface area (Å²) in [4.78, 5) is 37.9. The van der Waals surface area contributed by atoms with Gasteiger partial charge < -0.3 is 4.74 Å². The van der Waals surface area contributed by atoms with Crippen LogP contribution in [0.5, 0.6) is 5.75 Å². The van der Waals surface area contributed by atoms with Gasteiger partial charge >= 0.3 is 5.97 Å². The number of likely N-dealkylation sites (tertiary alicyclic amines) is 1. The number of halogens is 3. The van der Waals surface area contributed by atoms with E-state index in [1.54, 1.807) is 0 Å². The van der Waals surface area contributed by atoms with Crippen LogP contribution in [0.2, 0.25) is 15.1 Å². The maximum atomic E-state index is 12.4. The van der Waals surface area contributed by atoms with Crippen molar-refractivity contribution in [2.45, 2.75) is 32.1 Å². The van der Waals surface area contributed by atoms with Gasteiger partial charge in [0, 0.05) is 12.6 Å². The van der Waals surface area contributed by atoms with E-state index < -0.39 is 5.97 Å². The van der Waals surface area contributed by atoms with Crippen LogP contribution in [0, 0.1) is 11.8 Å². The highest BCUT2D eigenvalue weighted by Crippen LogP contribution is 2.38. The summed E-state index contributed by atoms with van der Waals surface area (Å²) in [6.07, 6.45) is 3.31. The molecule has 5 nitrogen and oxygen atoms in total. The molecule has 8 heteroatoms. The van der Waals surface area contributed by atoms with Crippen LogP contribution in [-0.4, -0.2) is 29.2 Å². The Morgan fingerprint density at radius 3 is 2.16 bits per heavy atom. The number of ether oxygens (including phenoxy) is 1. The summed E-state index contributed by atoms with van der Waals surface area (Å²) in [6, 6.07) is 2.73. The normalized spacial score (nSPS) is 22.9. The van der Waals surface area contributed by atoms with Crippen molar-refractivity contribution in [2.24, 2.45) is 11.8 Å². The largest absolute Gasteiger partial charge is 0.425 e. The van der Waals surface area contributed by atoms with Crippen LogP contribution in [0.25, 0.3) is 0 Å². The fraction of sp³-hybridized carbons (Fsp3) is 0.471. The van der Waals surface area contributed by atoms with E-state index in [0.717, 1.165) is 25.7 Å². The van der Waals surface area contributed by atoms with E-state index >= 15 is 0 Å². The van der Waals surface area contributed by atoms with Crippen molar-refractivity contribution in [2.75, 3.05) is 6.54 Å². The lowest BCUT2D eigenvalue weighted by molar-refractivity contribution is -0.141. The molecule has 0 aromatic heterocycles. The molecule has 3 rings (SSSR count). The number of fused-ring (bicyclic) bond motifs is 1. The zero-order valence-corrected chi connectivity index (χ0v) is 15.5. The number of esters is 1. The van der Waals surface area contributed by atoms with Crippen molar-refractivity contribution in [1.82, 2.24) is 4.90 Å². The molecule has 0 radical (unpaired) electrons. The topological polar surface area (TPSA) is 63.7 Å². The highest BCUT2D eigenvalue weighted by atomic mass is 35.5. The lowest BCUT2D eigenvalue weighted by Crippen LogP contribution is -2.33. The van der Waals surface area contributed by atoms with E-state index in [1.807, 2.05) is 0 Å². The Balaban J connectivity index is 1.60. The SMILES string of the molecule is O=C(CCN1C(=O)[C@@H]2CCCC[C@H]2C1=O)Oc1cc(Cl)c(Cl)cc1Cl. The Labute approximate surface area is 160 Å². The molecule has 1 aromatic carbocycles. The molecular formula is C17H16Cl3NO4. The van der Waals surface area contributed by atoms with Crippen molar-refractivity contribution in [1.29, 1.82) is 0 Å². The van der Waals surface area contributed by atoms with E-state index in [1.165, 1.54) is 17.0 Å². The van der Waals surface area contributed by atoms with E-state index in [2.05, 4.69) is 0 Å². The fourth-order valence-electron chi connectivity index (χ4n) is 3.41. The quantitative estimate of drug-likeness (QED) is 0.328. The van der Waals surface area contributed by atoms with Gasteiger partial charge in [0.25, 0.3) is 0 Å². The molecule has 1 saturated heterocycles. The molecule has 2 amide bonds. The second-order valence-electron chi connectivity index (χ2n) is 6.25. The minimum Gasteiger partial charge on any atom is -0.425 e. The number of rotatable bonds is 4. The molecular weight excluding hydrogens is 389 g/mol. The number of nitrogens with zero attached hydrogens (tertiary/aromatic N) is 1. The number of imide groups is 1. The molecule has 134 valence electrons. The summed E-state index contributed by atoms with van der Waals surface area (Å²) in [7, 11) is 0. The van der Waals surface area contributed by atoms with Gasteiger partial charge in [0.15, 0.2) is 5.75 Å². The minimum absolute atomic E-state index is 0.0163. The maximum absolute atomic E-state index is 12.4. The highest BCUT2D eigenvalue weighted by molar-refractivity contribution is 6.43. The molecule has 1 aromatic rings. The first-order chi connectivity index (χ1) is 11.9. The number of amides is 2. The van der Waals surface area contributed by atoms with Crippen LogP contribution < -0.4 is 4.74 Å². The third-order valence-corrected chi connectivity index (χ3v) is 5.69. The second kappa shape index (κ2) is 7.52. The smallest absolute Gasteiger partial charge is 0.313 e. The average molecular weight is 405 g/mol. The van der Waals surface area contributed by atoms with E-state index in [4.69, 9.17) is 39.5 Å². The molecule has 2 aliphatic rings. The van der Waals surface area contributed by atoms with Gasteiger partial charge in [-0.3, -0.25) is 19.3 Å². The van der Waals surface area contributed by atoms with Gasteiger partial charge in [0.2, 0.25) is 11.8 Å². The van der Waals surface area contributed by atoms with Gasteiger partial charge in [0.1, 0.15) is 0 Å². The lowest BCUT2D eigenvalue weighted by atomic mass is 9.81. The molecule has 0 bridgehead atoms. The van der Waals surface area contributed by atoms with Crippen LogP contribution in [0.15, 0.2) is 12.1 Å². The third-order valence-electron chi connectivity index (χ3n) is 4.67. The van der Waals surface area contributed by atoms with Crippen LogP contribution in [-0.2, 0) is 14.4 Å². The molecule has 25 heavy (non-hydrogen) atoms. The second-order valence-corrected chi connectivity index (χ2v) is 7.47. The minimum atomic E-state index is -0.601. The van der Waals surface area contributed by atoms with Crippen molar-refractivity contribution >= 4 is 52.6 Å². The molecule has 0 N–H and O–H groups in total. The van der Waals surface area contributed by atoms with Gasteiger partial charge in [0.05, 0.1) is 33.3 Å². The van der Waals surface area contributed by atoms with E-state index in [-0.39, 0.29) is 57.4 Å². The zero-order valence-electron chi connectivity index (χ0n) is 13.3. The Hall–Kier alpha value is -1.30. The first kappa shape index (κ1) is 18.5. The summed E-state index contributed by atoms with van der Waals surface area (Å²) in [5, 5.41) is 0.618. The molecule has 2 fully saturated rings. The molecule has 1 heterocycles. The summed E-state index contributed by atoms with van der Waals surface area (Å²) in [6.45, 7) is 0.0163. The Bertz CT molecular complexity index is 713. The number of hydrogen-bond acceptors (Lipinski definition) is 4. The highest BCUT2D eigenvalue weighted by Gasteiger charge is 2.47. The summed E-state index contributed by atoms with van der Waals surface area (Å²) >= 11 is 17.7. The predicted octanol–water partition coefficient (Wildman–Crippen LogP) is 4.12. The molecule has 2 atom stereocenters. The molecule has 1 saturated carbocycles. The van der Waals surface area contributed by atoms with Crippen LogP contribution >= 0.6 is 34.8 Å². The number of benzene rings is 1. The number of hydrogen-bond donors (Lipinski definition) is 0. The van der Waals surface area contributed by atoms with Crippen LogP contribution in [0.1, 0.15) is 32.1 Å². The zero-order chi connectivity index (χ0) is 18.1. The average Bonchev–Trinajstić information content (AvgIpc) is 2.82. The van der Waals surface area contributed by atoms with Crippen LogP contribution in [0.3, 0.4) is 0 Å². The first-order valence-corrected chi connectivity index (χ1v) is 9.22. The molecule has 0 spiro atoms. The van der Waals surface area contributed by atoms with Gasteiger partial charge in [-0.25, -0.2) is 0 Å². The van der Waals surface area contributed by atoms with E-state index in [9.17, 15) is 14.4 Å². The first-order valence-electron chi connectivity index (χ1n) is 8.09. The van der Waals surface area contributed by atoms with Gasteiger partial charge in [-0.2, -0.15) is 0 Å². The Morgan fingerprint density at radius 2 is 1.56 bits per heavy atom. The van der Waals surface area contributed by atoms with Gasteiger partial charge in [-0.1, -0.05) is 47.6 Å². The molecule has 1 aliphatic heterocycles. The Kier molecular flexibility index (Phi) is 5.56. The Morgan fingerprint density at radius 1 is 1.00 bits per heavy atom. The van der Waals surface area contributed by atoms with Crippen molar-refractivity contribution in [3.8, 4) is 5.75 Å². The summed E-state index contributed by atoms with van der Waals surface area (Å²) < 4.78 is 5.17. The van der Waals surface area contributed by atoms with Gasteiger partial charge in [-0.15, -0.1) is 0 Å². The standard InChI is InChI=1S/C17H16Cl3NO4/c18-11-7-13(20)14(8-12(11)19)25-15(22)5-6-21-16(23)9-3-1-2-4-10(9)17(21)24/h7-10H,1-6H2/t9-,10-/m1/s1. The fourth-order valence-corrected chi connectivity index (χ4v) is 3.99. The van der Waals surface area contributed by atoms with Crippen molar-refractivity contribution in [3.05, 3.63) is 27.2 Å². The monoisotopic (exact) mass is 403 g/mol. The van der Waals surface area contributed by atoms with Crippen molar-refractivity contribution in [3.63, 3.8) is 0 Å². The predicted molar refractivity (Wildman–Crippen MR) is 93.9 cm³/mol. The van der Waals surface area contributed by atoms with Crippen LogP contribution in [0.4, 0.5) is 0 Å². The molecule has 1 aliphatic carbocycles. The summed E-state index contributed by atoms with van der Waals surface area (Å²) in [5.74, 6) is -1.29. The maximum Gasteiger partial charge on any atom is 0.313 e. The lowest BCUT2D eigenvalue weighted by Gasteiger charge is -2.19. The number of carbonyl (C=O) groups excluding carboxylic acids is 3. The van der Waals surface area contributed by atoms with Gasteiger partial charge in [-0.05, 0) is 18.9 Å².